The van der Waals surface area contributed by atoms with Crippen molar-refractivity contribution in [1.29, 1.82) is 0 Å². The number of tetrazole rings is 1. The van der Waals surface area contributed by atoms with E-state index in [0.29, 0.717) is 5.82 Å². The molecule has 4 aromatic heterocycles. The van der Waals surface area contributed by atoms with Crippen LogP contribution in [0, 0.1) is 48.5 Å². The molecule has 0 amide bonds. The van der Waals surface area contributed by atoms with Crippen LogP contribution in [-0.2, 0) is 7.05 Å². The van der Waals surface area contributed by atoms with Gasteiger partial charge in [-0.3, -0.25) is 15.0 Å². The molecule has 0 unspecified atom stereocenters. The fourth-order valence-corrected chi connectivity index (χ4v) is 2.47. The Labute approximate surface area is 237 Å². The first kappa shape index (κ1) is 33.5. The molecule has 0 aromatic carbocycles. The van der Waals surface area contributed by atoms with Gasteiger partial charge in [0.25, 0.3) is 0 Å². The second-order valence-electron chi connectivity index (χ2n) is 9.09. The van der Waals surface area contributed by atoms with Crippen molar-refractivity contribution in [3.05, 3.63) is 100 Å². The number of aromatic nitrogens is 10. The molecule has 11 nitrogen and oxygen atoms in total. The summed E-state index contributed by atoms with van der Waals surface area (Å²) in [6.45, 7) is 17.5. The van der Waals surface area contributed by atoms with E-state index in [-0.39, 0.29) is 0 Å². The largest absolute Gasteiger partial charge is 0.266 e. The van der Waals surface area contributed by atoms with Crippen LogP contribution in [0.3, 0.4) is 0 Å². The Bertz CT molecular complexity index is 1150. The average molecular weight is 544 g/mol. The summed E-state index contributed by atoms with van der Waals surface area (Å²) in [5, 5.41) is 18.7. The Balaban J connectivity index is 0.000000250. The molecular formula is C29H41N11. The topological polar surface area (TPSA) is 133 Å². The van der Waals surface area contributed by atoms with Crippen molar-refractivity contribution in [3.63, 3.8) is 0 Å². The lowest BCUT2D eigenvalue weighted by molar-refractivity contribution is 0.629. The fourth-order valence-electron chi connectivity index (χ4n) is 2.47. The number of hydrogen-bond acceptors (Lipinski definition) is 10. The third-order valence-electron chi connectivity index (χ3n) is 4.68. The molecule has 0 aliphatic carbocycles. The molecule has 0 N–H and O–H groups in total. The molecule has 212 valence electrons. The molecule has 1 aliphatic heterocycles. The lowest BCUT2D eigenvalue weighted by atomic mass is 10.2. The molecule has 0 spiro atoms. The molecule has 11 heteroatoms. The number of nitrogens with zero attached hydrogens (tertiary/aromatic N) is 11. The molecule has 0 bridgehead atoms. The van der Waals surface area contributed by atoms with Crippen LogP contribution in [0.2, 0.25) is 0 Å². The molecule has 0 radical (unpaired) electrons. The number of hydrogen-bond donors (Lipinski definition) is 0. The van der Waals surface area contributed by atoms with Crippen LogP contribution in [0.5, 0.6) is 0 Å². The second kappa shape index (κ2) is 18.7. The highest BCUT2D eigenvalue weighted by Crippen LogP contribution is 2.05. The molecule has 1 aliphatic rings. The predicted molar refractivity (Wildman–Crippen MR) is 159 cm³/mol. The maximum atomic E-state index is 4.16. The molecule has 5 rings (SSSR count). The summed E-state index contributed by atoms with van der Waals surface area (Å²) in [6, 6.07) is 3.89. The van der Waals surface area contributed by atoms with Gasteiger partial charge in [-0.05, 0) is 91.3 Å². The molecule has 4 aromatic rings. The van der Waals surface area contributed by atoms with Crippen molar-refractivity contribution in [2.24, 2.45) is 12.0 Å². The lowest BCUT2D eigenvalue weighted by Crippen LogP contribution is -1.91. The Morgan fingerprint density at radius 3 is 1.52 bits per heavy atom. The van der Waals surface area contributed by atoms with Gasteiger partial charge in [-0.1, -0.05) is 11.6 Å². The average Bonchev–Trinajstić information content (AvgIpc) is 3.20. The minimum absolute atomic E-state index is 0.711. The first-order valence-corrected chi connectivity index (χ1v) is 12.8. The Kier molecular flexibility index (Phi) is 15.6. The zero-order valence-corrected chi connectivity index (χ0v) is 25.3. The minimum atomic E-state index is 0.711. The Morgan fingerprint density at radius 1 is 0.600 bits per heavy atom. The molecular weight excluding hydrogens is 502 g/mol. The Morgan fingerprint density at radius 2 is 1.15 bits per heavy atom. The van der Waals surface area contributed by atoms with Gasteiger partial charge in [-0.15, -0.1) is 10.2 Å². The number of rotatable bonds is 0. The van der Waals surface area contributed by atoms with Crippen LogP contribution in [0.15, 0.2) is 65.3 Å². The number of allylic oxidation sites excluding steroid dienone is 4. The maximum Gasteiger partial charge on any atom is 0.171 e. The standard InChI is InChI=1S/C8H11N.3C6H8N2.C3H6N4/c1-7-3-4-8(2)9-6-5-7;1-5-3-8-6(2)4-7-5;1-5-3-7-6(2)8-4-5;1-5-3-4-6(2)8-7-5;1-3-4-6-7(2)5-3/h3-4,6H,5H2,1-2H3;3*3-4H,1-2H3;1-2H3. The van der Waals surface area contributed by atoms with Crippen molar-refractivity contribution >= 4 is 6.21 Å². The summed E-state index contributed by atoms with van der Waals surface area (Å²) in [4.78, 5) is 21.6. The van der Waals surface area contributed by atoms with Crippen LogP contribution in [0.1, 0.15) is 60.3 Å². The molecule has 0 saturated heterocycles. The molecule has 5 heterocycles. The van der Waals surface area contributed by atoms with Crippen LogP contribution >= 0.6 is 0 Å². The summed E-state index contributed by atoms with van der Waals surface area (Å²) in [7, 11) is 1.74. The highest BCUT2D eigenvalue weighted by atomic mass is 15.6. The van der Waals surface area contributed by atoms with E-state index in [0.717, 1.165) is 46.3 Å². The van der Waals surface area contributed by atoms with Gasteiger partial charge in [-0.25, -0.2) is 9.97 Å². The first-order chi connectivity index (χ1) is 18.9. The van der Waals surface area contributed by atoms with E-state index in [1.54, 1.807) is 26.4 Å². The maximum absolute atomic E-state index is 4.16. The van der Waals surface area contributed by atoms with Crippen molar-refractivity contribution in [2.75, 3.05) is 0 Å². The molecule has 40 heavy (non-hydrogen) atoms. The van der Waals surface area contributed by atoms with E-state index in [4.69, 9.17) is 0 Å². The van der Waals surface area contributed by atoms with E-state index < -0.39 is 0 Å². The van der Waals surface area contributed by atoms with Crippen molar-refractivity contribution in [3.8, 4) is 0 Å². The van der Waals surface area contributed by atoms with Gasteiger partial charge in [0, 0.05) is 43.1 Å². The third-order valence-corrected chi connectivity index (χ3v) is 4.68. The van der Waals surface area contributed by atoms with Crippen molar-refractivity contribution in [2.45, 2.75) is 68.7 Å². The van der Waals surface area contributed by atoms with Gasteiger partial charge in [0.05, 0.1) is 29.8 Å². The SMILES string of the molecule is CC1=CC=C(C)N=CC1.Cc1ccc(C)nn1.Cc1cnc(C)cn1.Cc1cnc(C)nc1.Cc1nnn(C)n1. The highest BCUT2D eigenvalue weighted by molar-refractivity contribution is 5.63. The quantitative estimate of drug-likeness (QED) is 0.296. The summed E-state index contributed by atoms with van der Waals surface area (Å²) in [5.74, 6) is 1.54. The first-order valence-electron chi connectivity index (χ1n) is 12.8. The third kappa shape index (κ3) is 17.1. The van der Waals surface area contributed by atoms with Gasteiger partial charge < -0.3 is 0 Å². The van der Waals surface area contributed by atoms with Gasteiger partial charge in [0.15, 0.2) is 5.82 Å². The lowest BCUT2D eigenvalue weighted by Gasteiger charge is -1.88. The molecule has 0 atom stereocenters. The summed E-state index contributed by atoms with van der Waals surface area (Å²) in [5.41, 5.74) is 7.44. The van der Waals surface area contributed by atoms with Crippen LogP contribution < -0.4 is 0 Å². The van der Waals surface area contributed by atoms with Gasteiger partial charge in [0.2, 0.25) is 0 Å². The van der Waals surface area contributed by atoms with Gasteiger partial charge in [0.1, 0.15) is 5.82 Å². The highest BCUT2D eigenvalue weighted by Gasteiger charge is 1.89. The van der Waals surface area contributed by atoms with Crippen molar-refractivity contribution < 1.29 is 0 Å². The van der Waals surface area contributed by atoms with Crippen LogP contribution in [0.25, 0.3) is 0 Å². The van der Waals surface area contributed by atoms with Crippen molar-refractivity contribution in [1.82, 2.24) is 50.3 Å². The van der Waals surface area contributed by atoms with E-state index in [1.807, 2.05) is 85.3 Å². The number of aryl methyl sites for hydroxylation is 8. The summed E-state index contributed by atoms with van der Waals surface area (Å²) >= 11 is 0. The molecule has 0 fully saturated rings. The van der Waals surface area contributed by atoms with E-state index in [9.17, 15) is 0 Å². The normalized spacial score (nSPS) is 11.3. The zero-order valence-electron chi connectivity index (χ0n) is 25.3. The van der Waals surface area contributed by atoms with Crippen LogP contribution in [0.4, 0.5) is 0 Å². The zero-order chi connectivity index (χ0) is 29.9. The fraction of sp³-hybridized carbons (Fsp3) is 0.379. The van der Waals surface area contributed by atoms with Gasteiger partial charge >= 0.3 is 0 Å². The minimum Gasteiger partial charge on any atom is -0.266 e. The monoisotopic (exact) mass is 543 g/mol. The second-order valence-corrected chi connectivity index (χ2v) is 9.09. The molecule has 0 saturated carbocycles. The van der Waals surface area contributed by atoms with E-state index >= 15 is 0 Å². The van der Waals surface area contributed by atoms with E-state index in [2.05, 4.69) is 63.5 Å². The van der Waals surface area contributed by atoms with Crippen LogP contribution in [-0.4, -0.2) is 56.6 Å². The van der Waals surface area contributed by atoms with Gasteiger partial charge in [-0.2, -0.15) is 15.0 Å². The van der Waals surface area contributed by atoms with E-state index in [1.165, 1.54) is 10.4 Å². The summed E-state index contributed by atoms with van der Waals surface area (Å²) in [6.07, 6.45) is 14.2. The Hall–Kier alpha value is -4.54. The predicted octanol–water partition coefficient (Wildman–Crippen LogP) is 5.11. The smallest absolute Gasteiger partial charge is 0.171 e. The summed E-state index contributed by atoms with van der Waals surface area (Å²) < 4.78 is 0. The number of aliphatic imine (C=N–C) groups is 1.